The third-order valence-corrected chi connectivity index (χ3v) is 7.95. The van der Waals surface area contributed by atoms with Gasteiger partial charge in [0.2, 0.25) is 0 Å². The molecule has 0 aromatic carbocycles. The van der Waals surface area contributed by atoms with Crippen molar-refractivity contribution in [3.8, 4) is 0 Å². The van der Waals surface area contributed by atoms with Gasteiger partial charge in [0.15, 0.2) is 6.10 Å². The number of carbonyl (C=O) groups is 3. The Morgan fingerprint density at radius 3 is 1.34 bits per heavy atom. The van der Waals surface area contributed by atoms with E-state index < -0.39 is 12.1 Å². The second-order valence-electron chi connectivity index (χ2n) is 12.4. The standard InChI is InChI=1S/C36H70N2O6/c1-3-5-7-9-11-13-15-17-19-21-23-26-34(39)42-31-33(32-43-36(41)30-38-29-25-28-37)44-35(40)27-24-22-20-18-16-14-12-10-8-6-4-2/h33,38H,3-32,37H2,1-2H3. The van der Waals surface area contributed by atoms with E-state index in [1.807, 2.05) is 0 Å². The van der Waals surface area contributed by atoms with Gasteiger partial charge in [-0.25, -0.2) is 0 Å². The average molecular weight is 627 g/mol. The molecule has 44 heavy (non-hydrogen) atoms. The van der Waals surface area contributed by atoms with E-state index in [4.69, 9.17) is 19.9 Å². The first kappa shape index (κ1) is 42.3. The van der Waals surface area contributed by atoms with E-state index in [2.05, 4.69) is 19.2 Å². The van der Waals surface area contributed by atoms with Crippen LogP contribution in [0.4, 0.5) is 0 Å². The lowest BCUT2D eigenvalue weighted by molar-refractivity contribution is -0.166. The maximum absolute atomic E-state index is 12.5. The SMILES string of the molecule is CCCCCCCCCCCCCC(=O)OCC(COC(=O)CNCCCN)OC(=O)CCCCCCCCCCCCC. The third-order valence-electron chi connectivity index (χ3n) is 7.95. The van der Waals surface area contributed by atoms with Crippen LogP contribution in [0.15, 0.2) is 0 Å². The predicted molar refractivity (Wildman–Crippen MR) is 180 cm³/mol. The topological polar surface area (TPSA) is 117 Å². The van der Waals surface area contributed by atoms with Crippen molar-refractivity contribution in [1.82, 2.24) is 5.32 Å². The molecule has 0 saturated carbocycles. The summed E-state index contributed by atoms with van der Waals surface area (Å²) in [6, 6.07) is 0. The van der Waals surface area contributed by atoms with E-state index in [0.717, 1.165) is 44.9 Å². The molecule has 0 spiro atoms. The van der Waals surface area contributed by atoms with Crippen molar-refractivity contribution >= 4 is 17.9 Å². The van der Waals surface area contributed by atoms with E-state index in [9.17, 15) is 14.4 Å². The molecule has 0 bridgehead atoms. The first-order valence-electron chi connectivity index (χ1n) is 18.4. The van der Waals surface area contributed by atoms with Gasteiger partial charge in [-0.3, -0.25) is 14.4 Å². The number of nitrogens with two attached hydrogens (primary N) is 1. The van der Waals surface area contributed by atoms with Crippen molar-refractivity contribution in [3.05, 3.63) is 0 Å². The lowest BCUT2D eigenvalue weighted by Gasteiger charge is -2.18. The summed E-state index contributed by atoms with van der Waals surface area (Å²) in [5, 5.41) is 2.97. The zero-order valence-electron chi connectivity index (χ0n) is 28.8. The van der Waals surface area contributed by atoms with Crippen molar-refractivity contribution in [3.63, 3.8) is 0 Å². The fourth-order valence-electron chi connectivity index (χ4n) is 5.14. The Hall–Kier alpha value is -1.67. The van der Waals surface area contributed by atoms with Gasteiger partial charge < -0.3 is 25.3 Å². The first-order chi connectivity index (χ1) is 21.5. The molecule has 0 heterocycles. The third kappa shape index (κ3) is 31.7. The fourth-order valence-corrected chi connectivity index (χ4v) is 5.14. The smallest absolute Gasteiger partial charge is 0.320 e. The van der Waals surface area contributed by atoms with E-state index in [0.29, 0.717) is 25.9 Å². The number of rotatable bonds is 34. The van der Waals surface area contributed by atoms with E-state index in [1.165, 1.54) is 103 Å². The molecule has 0 aliphatic carbocycles. The number of nitrogens with one attached hydrogen (secondary N) is 1. The molecular weight excluding hydrogens is 556 g/mol. The minimum atomic E-state index is -0.801. The number of hydrogen-bond donors (Lipinski definition) is 2. The highest BCUT2D eigenvalue weighted by atomic mass is 16.6. The van der Waals surface area contributed by atoms with E-state index in [1.54, 1.807) is 0 Å². The van der Waals surface area contributed by atoms with Crippen molar-refractivity contribution in [2.45, 2.75) is 180 Å². The molecule has 260 valence electrons. The lowest BCUT2D eigenvalue weighted by atomic mass is 10.1. The van der Waals surface area contributed by atoms with Crippen molar-refractivity contribution in [1.29, 1.82) is 0 Å². The lowest BCUT2D eigenvalue weighted by Crippen LogP contribution is -2.33. The minimum absolute atomic E-state index is 0.0536. The quantitative estimate of drug-likeness (QED) is 0.0416. The van der Waals surface area contributed by atoms with Gasteiger partial charge in [-0.1, -0.05) is 142 Å². The Kier molecular flexibility index (Phi) is 32.9. The summed E-state index contributed by atoms with van der Waals surface area (Å²) < 4.78 is 16.3. The minimum Gasteiger partial charge on any atom is -0.462 e. The summed E-state index contributed by atoms with van der Waals surface area (Å²) in [5.74, 6) is -1.09. The van der Waals surface area contributed by atoms with Gasteiger partial charge in [-0.15, -0.1) is 0 Å². The second kappa shape index (κ2) is 34.2. The summed E-state index contributed by atoms with van der Waals surface area (Å²) in [6.07, 6.45) is 27.3. The van der Waals surface area contributed by atoms with Crippen molar-refractivity contribution in [2.75, 3.05) is 32.8 Å². The molecule has 0 aromatic rings. The molecule has 0 radical (unpaired) electrons. The molecule has 0 saturated heterocycles. The average Bonchev–Trinajstić information content (AvgIpc) is 3.02. The zero-order valence-corrected chi connectivity index (χ0v) is 28.8. The Morgan fingerprint density at radius 2 is 0.909 bits per heavy atom. The highest BCUT2D eigenvalue weighted by molar-refractivity contribution is 5.72. The summed E-state index contributed by atoms with van der Waals surface area (Å²) in [7, 11) is 0. The van der Waals surface area contributed by atoms with Crippen molar-refractivity contribution in [2.24, 2.45) is 5.73 Å². The molecule has 0 aliphatic heterocycles. The molecule has 0 fully saturated rings. The number of esters is 3. The Balaban J connectivity index is 4.23. The molecule has 3 N–H and O–H groups in total. The van der Waals surface area contributed by atoms with E-state index in [-0.39, 0.29) is 31.7 Å². The molecule has 8 nitrogen and oxygen atoms in total. The first-order valence-corrected chi connectivity index (χ1v) is 18.4. The van der Waals surface area contributed by atoms with Crippen LogP contribution in [0, 0.1) is 0 Å². The Labute approximate surface area is 270 Å². The number of unbranched alkanes of at least 4 members (excludes halogenated alkanes) is 20. The van der Waals surface area contributed by atoms with Gasteiger partial charge in [0.25, 0.3) is 0 Å². The Bertz CT molecular complexity index is 661. The normalized spacial score (nSPS) is 11.8. The number of ether oxygens (including phenoxy) is 3. The molecule has 1 atom stereocenters. The van der Waals surface area contributed by atoms with E-state index >= 15 is 0 Å². The van der Waals surface area contributed by atoms with Crippen LogP contribution in [-0.4, -0.2) is 56.9 Å². The fraction of sp³-hybridized carbons (Fsp3) is 0.917. The predicted octanol–water partition coefficient (Wildman–Crippen LogP) is 8.33. The maximum atomic E-state index is 12.5. The van der Waals surface area contributed by atoms with Crippen LogP contribution in [0.25, 0.3) is 0 Å². The van der Waals surface area contributed by atoms with Crippen LogP contribution in [0.5, 0.6) is 0 Å². The van der Waals surface area contributed by atoms with Gasteiger partial charge in [0.1, 0.15) is 13.2 Å². The van der Waals surface area contributed by atoms with Crippen LogP contribution < -0.4 is 11.1 Å². The van der Waals surface area contributed by atoms with Crippen LogP contribution in [0.2, 0.25) is 0 Å². The second-order valence-corrected chi connectivity index (χ2v) is 12.4. The van der Waals surface area contributed by atoms with Crippen molar-refractivity contribution < 1.29 is 28.6 Å². The number of carbonyl (C=O) groups excluding carboxylic acids is 3. The molecule has 0 amide bonds. The van der Waals surface area contributed by atoms with Gasteiger partial charge in [-0.05, 0) is 32.4 Å². The molecule has 1 unspecified atom stereocenters. The van der Waals surface area contributed by atoms with Crippen LogP contribution in [0.1, 0.15) is 174 Å². The largest absolute Gasteiger partial charge is 0.462 e. The van der Waals surface area contributed by atoms with Gasteiger partial charge in [0.05, 0.1) is 6.54 Å². The Morgan fingerprint density at radius 1 is 0.523 bits per heavy atom. The molecule has 8 heteroatoms. The molecule has 0 rings (SSSR count). The zero-order chi connectivity index (χ0) is 32.4. The molecular formula is C36H70N2O6. The summed E-state index contributed by atoms with van der Waals surface area (Å²) in [5.41, 5.74) is 5.47. The maximum Gasteiger partial charge on any atom is 0.320 e. The number of hydrogen-bond acceptors (Lipinski definition) is 8. The molecule has 0 aromatic heterocycles. The summed E-state index contributed by atoms with van der Waals surface area (Å²) >= 11 is 0. The van der Waals surface area contributed by atoms with Gasteiger partial charge >= 0.3 is 17.9 Å². The molecule has 0 aliphatic rings. The summed E-state index contributed by atoms with van der Waals surface area (Å²) in [6.45, 7) is 5.47. The van der Waals surface area contributed by atoms with Crippen LogP contribution in [-0.2, 0) is 28.6 Å². The van der Waals surface area contributed by atoms with Crippen LogP contribution in [0.3, 0.4) is 0 Å². The van der Waals surface area contributed by atoms with Crippen LogP contribution >= 0.6 is 0 Å². The monoisotopic (exact) mass is 627 g/mol. The van der Waals surface area contributed by atoms with Gasteiger partial charge in [-0.2, -0.15) is 0 Å². The highest BCUT2D eigenvalue weighted by Gasteiger charge is 2.19. The highest BCUT2D eigenvalue weighted by Crippen LogP contribution is 2.14. The summed E-state index contributed by atoms with van der Waals surface area (Å²) in [4.78, 5) is 36.9. The van der Waals surface area contributed by atoms with Gasteiger partial charge in [0, 0.05) is 12.8 Å².